The predicted octanol–water partition coefficient (Wildman–Crippen LogP) is 3.13. The second kappa shape index (κ2) is 5.26. The zero-order valence-corrected chi connectivity index (χ0v) is 13.0. The number of thiophene rings is 1. The van der Waals surface area contributed by atoms with Gasteiger partial charge < -0.3 is 15.0 Å². The summed E-state index contributed by atoms with van der Waals surface area (Å²) >= 11 is 1.48. The highest BCUT2D eigenvalue weighted by atomic mass is 32.1. The van der Waals surface area contributed by atoms with Gasteiger partial charge in [-0.25, -0.2) is 0 Å². The number of hydrogen-bond donors (Lipinski definition) is 2. The largest absolute Gasteiger partial charge is 0.496 e. The van der Waals surface area contributed by atoms with E-state index in [0.29, 0.717) is 0 Å². The van der Waals surface area contributed by atoms with Crippen molar-refractivity contribution in [1.29, 1.82) is 0 Å². The highest BCUT2D eigenvalue weighted by molar-refractivity contribution is 7.17. The predicted molar refractivity (Wildman–Crippen MR) is 92.0 cm³/mol. The van der Waals surface area contributed by atoms with Crippen LogP contribution in [0, 0.1) is 0 Å². The van der Waals surface area contributed by atoms with Crippen LogP contribution in [0.4, 0.5) is 0 Å². The molecule has 0 amide bonds. The number of aromatic amines is 1. The molecule has 0 bridgehead atoms. The van der Waals surface area contributed by atoms with E-state index in [9.17, 15) is 4.79 Å². The van der Waals surface area contributed by atoms with Crippen LogP contribution in [0.25, 0.3) is 26.6 Å². The molecule has 0 saturated heterocycles. The first-order valence-corrected chi connectivity index (χ1v) is 8.18. The van der Waals surface area contributed by atoms with Crippen LogP contribution >= 0.6 is 11.3 Å². The third-order valence-corrected chi connectivity index (χ3v) is 5.07. The van der Waals surface area contributed by atoms with Gasteiger partial charge in [-0.05, 0) is 42.1 Å². The number of aromatic nitrogens is 1. The Morgan fingerprint density at radius 2 is 2.18 bits per heavy atom. The number of H-pyrrole nitrogens is 1. The Hall–Kier alpha value is -2.11. The number of pyridine rings is 1. The van der Waals surface area contributed by atoms with Gasteiger partial charge in [0, 0.05) is 28.4 Å². The van der Waals surface area contributed by atoms with Gasteiger partial charge in [0.25, 0.3) is 5.56 Å². The number of ether oxygens (including phenoxy) is 1. The Bertz CT molecular complexity index is 952. The fraction of sp³-hybridized carbons (Fsp3) is 0.235. The summed E-state index contributed by atoms with van der Waals surface area (Å²) in [6, 6.07) is 5.90. The van der Waals surface area contributed by atoms with Gasteiger partial charge >= 0.3 is 0 Å². The molecule has 0 fully saturated rings. The molecule has 1 aliphatic rings. The summed E-state index contributed by atoms with van der Waals surface area (Å²) < 4.78 is 6.39. The van der Waals surface area contributed by atoms with Gasteiger partial charge in [-0.15, -0.1) is 11.3 Å². The lowest BCUT2D eigenvalue weighted by Gasteiger charge is -2.19. The summed E-state index contributed by atoms with van der Waals surface area (Å²) in [7, 11) is 1.70. The summed E-state index contributed by atoms with van der Waals surface area (Å²) in [4.78, 5) is 15.2. The van der Waals surface area contributed by atoms with Crippen LogP contribution in [0.5, 0.6) is 5.75 Å². The second-order valence-corrected chi connectivity index (χ2v) is 6.28. The average molecular weight is 312 g/mol. The van der Waals surface area contributed by atoms with E-state index in [-0.39, 0.29) is 5.56 Å². The van der Waals surface area contributed by atoms with Crippen molar-refractivity contribution in [2.24, 2.45) is 0 Å². The van der Waals surface area contributed by atoms with Crippen LogP contribution in [0.1, 0.15) is 12.0 Å². The van der Waals surface area contributed by atoms with E-state index in [1.54, 1.807) is 7.11 Å². The van der Waals surface area contributed by atoms with Crippen molar-refractivity contribution in [3.63, 3.8) is 0 Å². The van der Waals surface area contributed by atoms with E-state index in [1.165, 1.54) is 16.9 Å². The second-order valence-electron chi connectivity index (χ2n) is 5.37. The highest BCUT2D eigenvalue weighted by Crippen LogP contribution is 2.38. The van der Waals surface area contributed by atoms with Gasteiger partial charge in [-0.1, -0.05) is 6.08 Å². The Balaban J connectivity index is 2.17. The molecule has 0 spiro atoms. The van der Waals surface area contributed by atoms with Gasteiger partial charge in [0.05, 0.1) is 7.11 Å². The summed E-state index contributed by atoms with van der Waals surface area (Å²) in [6.45, 7) is 1.83. The molecule has 22 heavy (non-hydrogen) atoms. The molecule has 0 unspecified atom stereocenters. The maximum Gasteiger partial charge on any atom is 0.266 e. The summed E-state index contributed by atoms with van der Waals surface area (Å²) in [5.74, 6) is 0.861. The van der Waals surface area contributed by atoms with Crippen molar-refractivity contribution in [2.45, 2.75) is 6.42 Å². The summed E-state index contributed by atoms with van der Waals surface area (Å²) in [5, 5.41) is 7.41. The number of benzene rings is 1. The first-order chi connectivity index (χ1) is 10.8. The Morgan fingerprint density at radius 1 is 1.27 bits per heavy atom. The molecule has 1 aliphatic heterocycles. The maximum absolute atomic E-state index is 12.2. The number of fused-ring (bicyclic) bond motifs is 3. The molecular formula is C17H16N2O2S. The van der Waals surface area contributed by atoms with E-state index in [1.807, 2.05) is 23.6 Å². The van der Waals surface area contributed by atoms with Crippen LogP contribution in [0.2, 0.25) is 0 Å². The topological polar surface area (TPSA) is 54.1 Å². The molecule has 0 atom stereocenters. The zero-order valence-electron chi connectivity index (χ0n) is 12.2. The molecule has 4 nitrogen and oxygen atoms in total. The van der Waals surface area contributed by atoms with Crippen molar-refractivity contribution in [3.05, 3.63) is 45.6 Å². The average Bonchev–Trinajstić information content (AvgIpc) is 3.05. The summed E-state index contributed by atoms with van der Waals surface area (Å²) in [6.07, 6.45) is 3.17. The Kier molecular flexibility index (Phi) is 3.24. The minimum absolute atomic E-state index is 0.0205. The van der Waals surface area contributed by atoms with Gasteiger partial charge in [0.2, 0.25) is 0 Å². The molecule has 2 aromatic heterocycles. The van der Waals surface area contributed by atoms with Gasteiger partial charge in [-0.2, -0.15) is 0 Å². The van der Waals surface area contributed by atoms with Gasteiger partial charge in [0.1, 0.15) is 10.4 Å². The smallest absolute Gasteiger partial charge is 0.266 e. The molecule has 1 aromatic carbocycles. The highest BCUT2D eigenvalue weighted by Gasteiger charge is 2.18. The first-order valence-electron chi connectivity index (χ1n) is 7.30. The molecule has 3 aromatic rings. The maximum atomic E-state index is 12.2. The Labute approximate surface area is 131 Å². The quantitative estimate of drug-likeness (QED) is 0.764. The van der Waals surface area contributed by atoms with Crippen molar-refractivity contribution in [1.82, 2.24) is 10.3 Å². The minimum Gasteiger partial charge on any atom is -0.496 e. The number of methoxy groups -OCH3 is 1. The van der Waals surface area contributed by atoms with Gasteiger partial charge in [0.15, 0.2) is 0 Å². The van der Waals surface area contributed by atoms with Crippen LogP contribution < -0.4 is 15.6 Å². The summed E-state index contributed by atoms with van der Waals surface area (Å²) in [5.41, 5.74) is 3.24. The fourth-order valence-electron chi connectivity index (χ4n) is 3.17. The van der Waals surface area contributed by atoms with Crippen LogP contribution in [0.3, 0.4) is 0 Å². The van der Waals surface area contributed by atoms with Crippen molar-refractivity contribution in [2.75, 3.05) is 20.2 Å². The molecule has 112 valence electrons. The zero-order chi connectivity index (χ0) is 15.1. The monoisotopic (exact) mass is 312 g/mol. The van der Waals surface area contributed by atoms with E-state index >= 15 is 0 Å². The molecule has 0 aliphatic carbocycles. The third-order valence-electron chi connectivity index (χ3n) is 4.16. The van der Waals surface area contributed by atoms with Crippen molar-refractivity contribution < 1.29 is 4.74 Å². The lowest BCUT2D eigenvalue weighted by atomic mass is 9.94. The molecular weight excluding hydrogens is 296 g/mol. The first kappa shape index (κ1) is 13.5. The van der Waals surface area contributed by atoms with Crippen molar-refractivity contribution in [3.8, 4) is 5.75 Å². The molecule has 3 heterocycles. The number of rotatable bonds is 2. The third kappa shape index (κ3) is 1.97. The van der Waals surface area contributed by atoms with E-state index < -0.39 is 0 Å². The molecule has 0 saturated carbocycles. The molecule has 5 heteroatoms. The Morgan fingerprint density at radius 3 is 2.95 bits per heavy atom. The standard InChI is InChI=1S/C17H16N2O2S/c1-21-13-3-2-12-15(14(13)10-4-7-18-8-5-10)11-6-9-22-16(11)17(20)19-12/h2-4,6,9,18H,5,7-8H2,1H3,(H,19,20). The van der Waals surface area contributed by atoms with E-state index in [4.69, 9.17) is 4.74 Å². The van der Waals surface area contributed by atoms with E-state index in [2.05, 4.69) is 16.4 Å². The number of hydrogen-bond acceptors (Lipinski definition) is 4. The molecule has 4 rings (SSSR count). The van der Waals surface area contributed by atoms with Gasteiger partial charge in [-0.3, -0.25) is 4.79 Å². The van der Waals surface area contributed by atoms with Crippen LogP contribution in [0.15, 0.2) is 34.4 Å². The molecule has 0 radical (unpaired) electrons. The molecule has 2 N–H and O–H groups in total. The van der Waals surface area contributed by atoms with Crippen LogP contribution in [-0.4, -0.2) is 25.2 Å². The SMILES string of the molecule is COc1ccc2[nH]c(=O)c3sccc3c2c1C1=CCNCC1. The minimum atomic E-state index is -0.0205. The number of nitrogens with one attached hydrogen (secondary N) is 2. The normalized spacial score (nSPS) is 15.2. The van der Waals surface area contributed by atoms with Crippen LogP contribution in [-0.2, 0) is 0 Å². The fourth-order valence-corrected chi connectivity index (χ4v) is 3.96. The van der Waals surface area contributed by atoms with Crippen molar-refractivity contribution >= 4 is 37.9 Å². The lowest BCUT2D eigenvalue weighted by molar-refractivity contribution is 0.414. The lowest BCUT2D eigenvalue weighted by Crippen LogP contribution is -2.20. The van der Waals surface area contributed by atoms with E-state index in [0.717, 1.165) is 51.8 Å².